The van der Waals surface area contributed by atoms with E-state index in [-0.39, 0.29) is 11.7 Å². The summed E-state index contributed by atoms with van der Waals surface area (Å²) in [7, 11) is 0. The fourth-order valence-electron chi connectivity index (χ4n) is 2.81. The number of carbonyl (C=O) groups excluding carboxylic acids is 1. The van der Waals surface area contributed by atoms with Crippen LogP contribution in [0.2, 0.25) is 0 Å². The van der Waals surface area contributed by atoms with Crippen molar-refractivity contribution in [1.82, 2.24) is 4.98 Å². The van der Waals surface area contributed by atoms with E-state index >= 15 is 0 Å². The van der Waals surface area contributed by atoms with Crippen molar-refractivity contribution in [3.05, 3.63) is 41.9 Å². The van der Waals surface area contributed by atoms with Gasteiger partial charge in [-0.3, -0.25) is 4.79 Å². The lowest BCUT2D eigenvalue weighted by Crippen LogP contribution is -2.36. The molecule has 3 rings (SSSR count). The minimum Gasteiger partial charge on any atom is -0.459 e. The van der Waals surface area contributed by atoms with Gasteiger partial charge >= 0.3 is 12.3 Å². The minimum absolute atomic E-state index is 0.295. The normalized spacial score (nSPS) is 12.8. The van der Waals surface area contributed by atoms with Crippen molar-refractivity contribution < 1.29 is 27.4 Å². The smallest absolute Gasteiger partial charge is 0.459 e. The van der Waals surface area contributed by atoms with Gasteiger partial charge in [-0.1, -0.05) is 12.1 Å². The van der Waals surface area contributed by atoms with Crippen LogP contribution in [-0.4, -0.2) is 27.7 Å². The first-order chi connectivity index (χ1) is 14.3. The van der Waals surface area contributed by atoms with Crippen molar-refractivity contribution in [3.63, 3.8) is 0 Å². The Morgan fingerprint density at radius 1 is 1.00 bits per heavy atom. The van der Waals surface area contributed by atoms with Gasteiger partial charge in [-0.05, 0) is 64.4 Å². The molecular formula is C22H22F3NO3S2. The molecular weight excluding hydrogens is 447 g/mol. The molecule has 0 N–H and O–H groups in total. The summed E-state index contributed by atoms with van der Waals surface area (Å²) in [4.78, 5) is 17.9. The van der Waals surface area contributed by atoms with E-state index in [1.807, 2.05) is 32.9 Å². The molecule has 4 nitrogen and oxygen atoms in total. The molecule has 1 aromatic heterocycles. The molecule has 0 fully saturated rings. The number of aromatic nitrogens is 1. The molecule has 9 heteroatoms. The summed E-state index contributed by atoms with van der Waals surface area (Å²) in [5, 5.41) is 0. The van der Waals surface area contributed by atoms with Crippen molar-refractivity contribution in [2.75, 3.05) is 0 Å². The molecule has 0 aliphatic carbocycles. The first-order valence-corrected chi connectivity index (χ1v) is 11.1. The van der Waals surface area contributed by atoms with Crippen LogP contribution in [0.15, 0.2) is 46.8 Å². The predicted molar refractivity (Wildman–Crippen MR) is 118 cm³/mol. The van der Waals surface area contributed by atoms with Crippen molar-refractivity contribution in [2.24, 2.45) is 0 Å². The number of carbonyl (C=O) groups is 1. The number of alkyl halides is 3. The van der Waals surface area contributed by atoms with Crippen molar-refractivity contribution in [1.29, 1.82) is 0 Å². The number of hydrogen-bond donors (Lipinski definition) is 0. The highest BCUT2D eigenvalue weighted by Gasteiger charge is 2.35. The summed E-state index contributed by atoms with van der Waals surface area (Å²) < 4.78 is 47.0. The van der Waals surface area contributed by atoms with Crippen LogP contribution in [0, 0.1) is 0 Å². The zero-order valence-corrected chi connectivity index (χ0v) is 19.3. The second kappa shape index (κ2) is 8.35. The van der Waals surface area contributed by atoms with Gasteiger partial charge in [0, 0.05) is 10.5 Å². The van der Waals surface area contributed by atoms with E-state index in [1.54, 1.807) is 31.5 Å². The van der Waals surface area contributed by atoms with Gasteiger partial charge in [-0.15, -0.1) is 36.3 Å². The minimum atomic E-state index is -4.75. The standard InChI is InChI=1S/C22H22F3NO3S2/c1-20(2,3)29-19(27)21(4,5)31-16-11-10-15-18(30-12-26-15)17(16)13-6-8-14(9-7-13)28-22(23,24)25/h6-12H,1-5H3. The van der Waals surface area contributed by atoms with Crippen LogP contribution in [0.5, 0.6) is 5.75 Å². The molecule has 0 saturated heterocycles. The number of thiazole rings is 1. The van der Waals surface area contributed by atoms with Gasteiger partial charge in [-0.25, -0.2) is 4.98 Å². The molecule has 0 bridgehead atoms. The Morgan fingerprint density at radius 3 is 2.23 bits per heavy atom. The first kappa shape index (κ1) is 23.4. The number of nitrogens with zero attached hydrogens (tertiary/aromatic N) is 1. The molecule has 0 atom stereocenters. The molecule has 0 aliphatic rings. The second-order valence-corrected chi connectivity index (χ2v) is 10.8. The summed E-state index contributed by atoms with van der Waals surface area (Å²) in [5.41, 5.74) is 3.37. The van der Waals surface area contributed by atoms with Gasteiger partial charge in [0.05, 0.1) is 15.7 Å². The number of halogens is 3. The van der Waals surface area contributed by atoms with Crippen molar-refractivity contribution in [2.45, 2.75) is 56.2 Å². The molecule has 166 valence electrons. The zero-order chi connectivity index (χ0) is 23.0. The van der Waals surface area contributed by atoms with Crippen LogP contribution in [0.1, 0.15) is 34.6 Å². The average molecular weight is 470 g/mol. The van der Waals surface area contributed by atoms with Gasteiger partial charge < -0.3 is 9.47 Å². The molecule has 0 aliphatic heterocycles. The van der Waals surface area contributed by atoms with E-state index in [1.165, 1.54) is 35.2 Å². The highest BCUT2D eigenvalue weighted by molar-refractivity contribution is 8.01. The fourth-order valence-corrected chi connectivity index (χ4v) is 4.87. The number of ether oxygens (including phenoxy) is 2. The van der Waals surface area contributed by atoms with E-state index in [0.717, 1.165) is 20.7 Å². The Kier molecular flexibility index (Phi) is 6.30. The van der Waals surface area contributed by atoms with E-state index in [9.17, 15) is 18.0 Å². The molecule has 0 radical (unpaired) electrons. The average Bonchev–Trinajstić information content (AvgIpc) is 3.08. The van der Waals surface area contributed by atoms with Gasteiger partial charge in [0.15, 0.2) is 0 Å². The van der Waals surface area contributed by atoms with E-state index in [0.29, 0.717) is 5.56 Å². The lowest BCUT2D eigenvalue weighted by molar-refractivity contribution is -0.274. The second-order valence-electron chi connectivity index (χ2n) is 8.33. The SMILES string of the molecule is CC(C)(C)OC(=O)C(C)(C)Sc1ccc2ncsc2c1-c1ccc(OC(F)(F)F)cc1. The number of benzene rings is 2. The maximum absolute atomic E-state index is 12.7. The first-order valence-electron chi connectivity index (χ1n) is 9.40. The zero-order valence-electron chi connectivity index (χ0n) is 17.7. The van der Waals surface area contributed by atoms with Gasteiger partial charge in [0.25, 0.3) is 0 Å². The van der Waals surface area contributed by atoms with Crippen molar-refractivity contribution in [3.8, 4) is 16.9 Å². The Balaban J connectivity index is 2.01. The van der Waals surface area contributed by atoms with E-state index < -0.39 is 16.7 Å². The van der Waals surface area contributed by atoms with E-state index in [4.69, 9.17) is 4.74 Å². The Hall–Kier alpha value is -2.26. The van der Waals surface area contributed by atoms with Crippen LogP contribution in [0.3, 0.4) is 0 Å². The topological polar surface area (TPSA) is 48.4 Å². The van der Waals surface area contributed by atoms with Crippen LogP contribution in [0.25, 0.3) is 21.3 Å². The van der Waals surface area contributed by atoms with Gasteiger partial charge in [0.1, 0.15) is 16.1 Å². The molecule has 0 amide bonds. The number of hydrogen-bond acceptors (Lipinski definition) is 6. The summed E-state index contributed by atoms with van der Waals surface area (Å²) in [5.74, 6) is -0.648. The molecule has 0 unspecified atom stereocenters. The fraction of sp³-hybridized carbons (Fsp3) is 0.364. The summed E-state index contributed by atoms with van der Waals surface area (Å²) in [6.07, 6.45) is -4.75. The summed E-state index contributed by atoms with van der Waals surface area (Å²) in [6.45, 7) is 9.00. The molecule has 31 heavy (non-hydrogen) atoms. The highest BCUT2D eigenvalue weighted by atomic mass is 32.2. The number of thioether (sulfide) groups is 1. The molecule has 1 heterocycles. The third kappa shape index (κ3) is 5.92. The lowest BCUT2D eigenvalue weighted by Gasteiger charge is -2.28. The highest BCUT2D eigenvalue weighted by Crippen LogP contribution is 2.44. The number of esters is 1. The van der Waals surface area contributed by atoms with Crippen molar-refractivity contribution >= 4 is 39.3 Å². The molecule has 2 aromatic carbocycles. The van der Waals surface area contributed by atoms with Gasteiger partial charge in [-0.2, -0.15) is 0 Å². The van der Waals surface area contributed by atoms with Crippen LogP contribution in [-0.2, 0) is 9.53 Å². The third-order valence-electron chi connectivity index (χ3n) is 4.09. The third-order valence-corrected chi connectivity index (χ3v) is 6.19. The maximum Gasteiger partial charge on any atom is 0.573 e. The Morgan fingerprint density at radius 2 is 1.65 bits per heavy atom. The van der Waals surface area contributed by atoms with Crippen LogP contribution in [0.4, 0.5) is 13.2 Å². The molecule has 3 aromatic rings. The predicted octanol–water partition coefficient (Wildman–Crippen LogP) is 7.07. The number of rotatable bonds is 5. The lowest BCUT2D eigenvalue weighted by atomic mass is 10.0. The largest absolute Gasteiger partial charge is 0.573 e. The van der Waals surface area contributed by atoms with Gasteiger partial charge in [0.2, 0.25) is 0 Å². The Bertz CT molecular complexity index is 1080. The summed E-state index contributed by atoms with van der Waals surface area (Å²) >= 11 is 2.77. The number of fused-ring (bicyclic) bond motifs is 1. The monoisotopic (exact) mass is 469 g/mol. The quantitative estimate of drug-likeness (QED) is 0.295. The molecule has 0 saturated carbocycles. The van der Waals surface area contributed by atoms with E-state index in [2.05, 4.69) is 9.72 Å². The maximum atomic E-state index is 12.7. The summed E-state index contributed by atoms with van der Waals surface area (Å²) in [6, 6.07) is 9.42. The van der Waals surface area contributed by atoms with Crippen LogP contribution >= 0.6 is 23.1 Å². The Labute approximate surface area is 186 Å². The molecule has 0 spiro atoms. The van der Waals surface area contributed by atoms with Crippen LogP contribution < -0.4 is 4.74 Å².